The van der Waals surface area contributed by atoms with Crippen LogP contribution in [0.1, 0.15) is 37.1 Å². The van der Waals surface area contributed by atoms with Crippen LogP contribution in [0.5, 0.6) is 5.75 Å². The van der Waals surface area contributed by atoms with E-state index in [9.17, 15) is 0 Å². The summed E-state index contributed by atoms with van der Waals surface area (Å²) in [7, 11) is 0. The molecule has 1 saturated heterocycles. The van der Waals surface area contributed by atoms with Crippen molar-refractivity contribution in [3.63, 3.8) is 0 Å². The number of hydrogen-bond donors (Lipinski definition) is 2. The Bertz CT molecular complexity index is 490. The van der Waals surface area contributed by atoms with Gasteiger partial charge in [-0.1, -0.05) is 0 Å². The van der Waals surface area contributed by atoms with Crippen molar-refractivity contribution in [3.05, 3.63) is 23.5 Å². The zero-order valence-corrected chi connectivity index (χ0v) is 11.4. The molecule has 0 aromatic carbocycles. The summed E-state index contributed by atoms with van der Waals surface area (Å²) in [6, 6.07) is 2.39. The molecule has 1 unspecified atom stereocenters. The Morgan fingerprint density at radius 2 is 2.21 bits per heavy atom. The van der Waals surface area contributed by atoms with Gasteiger partial charge in [-0.25, -0.2) is 0 Å². The molecule has 4 rings (SSSR count). The predicted octanol–water partition coefficient (Wildman–Crippen LogP) is 1.42. The van der Waals surface area contributed by atoms with Crippen molar-refractivity contribution in [1.29, 1.82) is 0 Å². The highest BCUT2D eigenvalue weighted by molar-refractivity contribution is 5.39. The minimum Gasteiger partial charge on any atom is -0.490 e. The predicted molar refractivity (Wildman–Crippen MR) is 73.3 cm³/mol. The maximum absolute atomic E-state index is 6.23. The van der Waals surface area contributed by atoms with E-state index in [1.54, 1.807) is 0 Å². The molecular formula is C15H21N3O. The first-order valence-electron chi connectivity index (χ1n) is 7.34. The average Bonchev–Trinajstić information content (AvgIpc) is 2.32. The Labute approximate surface area is 113 Å². The average molecular weight is 259 g/mol. The van der Waals surface area contributed by atoms with Gasteiger partial charge in [0.1, 0.15) is 5.75 Å². The molecule has 4 nitrogen and oxygen atoms in total. The molecule has 102 valence electrons. The van der Waals surface area contributed by atoms with Gasteiger partial charge in [0, 0.05) is 36.3 Å². The van der Waals surface area contributed by atoms with Crippen LogP contribution in [0.15, 0.2) is 12.3 Å². The second kappa shape index (κ2) is 4.18. The summed E-state index contributed by atoms with van der Waals surface area (Å²) in [4.78, 5) is 4.52. The molecule has 3 aliphatic rings. The second-order valence-electron chi connectivity index (χ2n) is 6.35. The Balaban J connectivity index is 1.51. The van der Waals surface area contributed by atoms with E-state index in [-0.39, 0.29) is 0 Å². The standard InChI is InChI=1S/C15H21N3O/c1-10-14-12(2-4-17-10)13(3-5-18-14)19-11-6-15(7-11)8-16-9-15/h3,5,10-11,16-17H,2,4,6-9H2,1H3. The van der Waals surface area contributed by atoms with Crippen LogP contribution < -0.4 is 15.4 Å². The summed E-state index contributed by atoms with van der Waals surface area (Å²) in [6.07, 6.45) is 5.76. The Morgan fingerprint density at radius 1 is 1.37 bits per heavy atom. The molecule has 1 aliphatic carbocycles. The van der Waals surface area contributed by atoms with Crippen molar-refractivity contribution in [3.8, 4) is 5.75 Å². The van der Waals surface area contributed by atoms with Crippen molar-refractivity contribution in [2.75, 3.05) is 19.6 Å². The van der Waals surface area contributed by atoms with Crippen LogP contribution in [-0.4, -0.2) is 30.7 Å². The van der Waals surface area contributed by atoms with Gasteiger partial charge in [-0.05, 0) is 38.8 Å². The molecule has 0 bridgehead atoms. The van der Waals surface area contributed by atoms with Crippen molar-refractivity contribution in [1.82, 2.24) is 15.6 Å². The van der Waals surface area contributed by atoms with Gasteiger partial charge in [0.15, 0.2) is 0 Å². The minimum atomic E-state index is 0.343. The maximum atomic E-state index is 6.23. The quantitative estimate of drug-likeness (QED) is 0.843. The topological polar surface area (TPSA) is 46.2 Å². The number of nitrogens with one attached hydrogen (secondary N) is 2. The lowest BCUT2D eigenvalue weighted by Gasteiger charge is -2.53. The second-order valence-corrected chi connectivity index (χ2v) is 6.35. The number of hydrogen-bond acceptors (Lipinski definition) is 4. The van der Waals surface area contributed by atoms with Crippen LogP contribution in [-0.2, 0) is 6.42 Å². The lowest BCUT2D eigenvalue weighted by molar-refractivity contribution is -0.0500. The lowest BCUT2D eigenvalue weighted by Crippen LogP contribution is -2.62. The highest BCUT2D eigenvalue weighted by Crippen LogP contribution is 2.46. The SMILES string of the molecule is CC1NCCc2c(OC3CC4(CNC4)C3)ccnc21. The molecule has 19 heavy (non-hydrogen) atoms. The van der Waals surface area contributed by atoms with Gasteiger partial charge in [0.25, 0.3) is 0 Å². The van der Waals surface area contributed by atoms with Crippen LogP contribution >= 0.6 is 0 Å². The zero-order chi connectivity index (χ0) is 12.9. The first kappa shape index (κ1) is 11.7. The highest BCUT2D eigenvalue weighted by Gasteiger charge is 2.49. The van der Waals surface area contributed by atoms with Crippen LogP contribution in [0.4, 0.5) is 0 Å². The molecule has 0 amide bonds. The molecule has 4 heteroatoms. The Kier molecular flexibility index (Phi) is 2.57. The Hall–Kier alpha value is -1.13. The summed E-state index contributed by atoms with van der Waals surface area (Å²) in [5, 5.41) is 6.82. The van der Waals surface area contributed by atoms with Crippen LogP contribution in [0.3, 0.4) is 0 Å². The van der Waals surface area contributed by atoms with E-state index in [0.717, 1.165) is 18.7 Å². The Morgan fingerprint density at radius 3 is 2.95 bits per heavy atom. The van der Waals surface area contributed by atoms with E-state index >= 15 is 0 Å². The molecule has 1 saturated carbocycles. The maximum Gasteiger partial charge on any atom is 0.126 e. The van der Waals surface area contributed by atoms with E-state index < -0.39 is 0 Å². The minimum absolute atomic E-state index is 0.343. The van der Waals surface area contributed by atoms with Gasteiger partial charge in [0.05, 0.1) is 11.8 Å². The van der Waals surface area contributed by atoms with E-state index in [2.05, 4.69) is 22.5 Å². The van der Waals surface area contributed by atoms with E-state index in [0.29, 0.717) is 17.6 Å². The fourth-order valence-corrected chi connectivity index (χ4v) is 3.67. The van der Waals surface area contributed by atoms with Crippen molar-refractivity contribution in [2.24, 2.45) is 5.41 Å². The van der Waals surface area contributed by atoms with Crippen LogP contribution in [0.2, 0.25) is 0 Å². The van der Waals surface area contributed by atoms with Crippen molar-refractivity contribution >= 4 is 0 Å². The molecular weight excluding hydrogens is 238 g/mol. The molecule has 1 aromatic heterocycles. The van der Waals surface area contributed by atoms with Crippen molar-refractivity contribution < 1.29 is 4.74 Å². The summed E-state index contributed by atoms with van der Waals surface area (Å²) >= 11 is 0. The molecule has 2 fully saturated rings. The van der Waals surface area contributed by atoms with Gasteiger partial charge in [0.2, 0.25) is 0 Å². The first-order chi connectivity index (χ1) is 9.26. The molecule has 2 aliphatic heterocycles. The largest absolute Gasteiger partial charge is 0.490 e. The molecule has 1 spiro atoms. The molecule has 0 radical (unpaired) electrons. The first-order valence-corrected chi connectivity index (χ1v) is 7.34. The third-order valence-corrected chi connectivity index (χ3v) is 4.90. The normalized spacial score (nSPS) is 28.4. The monoisotopic (exact) mass is 259 g/mol. The molecule has 3 heterocycles. The van der Waals surface area contributed by atoms with Crippen LogP contribution in [0.25, 0.3) is 0 Å². The number of aromatic nitrogens is 1. The van der Waals surface area contributed by atoms with E-state index in [4.69, 9.17) is 4.74 Å². The fourth-order valence-electron chi connectivity index (χ4n) is 3.67. The summed E-state index contributed by atoms with van der Waals surface area (Å²) < 4.78 is 6.23. The van der Waals surface area contributed by atoms with Gasteiger partial charge in [-0.3, -0.25) is 4.98 Å². The zero-order valence-electron chi connectivity index (χ0n) is 11.4. The molecule has 2 N–H and O–H groups in total. The van der Waals surface area contributed by atoms with Crippen molar-refractivity contribution in [2.45, 2.75) is 38.3 Å². The van der Waals surface area contributed by atoms with Gasteiger partial charge >= 0.3 is 0 Å². The third-order valence-electron chi connectivity index (χ3n) is 4.90. The fraction of sp³-hybridized carbons (Fsp3) is 0.667. The summed E-state index contributed by atoms with van der Waals surface area (Å²) in [5.74, 6) is 1.07. The van der Waals surface area contributed by atoms with Gasteiger partial charge in [-0.15, -0.1) is 0 Å². The van der Waals surface area contributed by atoms with Crippen LogP contribution in [0, 0.1) is 5.41 Å². The van der Waals surface area contributed by atoms with E-state index in [1.165, 1.54) is 37.2 Å². The number of fused-ring (bicyclic) bond motifs is 1. The van der Waals surface area contributed by atoms with Gasteiger partial charge in [-0.2, -0.15) is 0 Å². The summed E-state index contributed by atoms with van der Waals surface area (Å²) in [6.45, 7) is 5.56. The lowest BCUT2D eigenvalue weighted by atomic mass is 9.63. The molecule has 1 atom stereocenters. The highest BCUT2D eigenvalue weighted by atomic mass is 16.5. The third kappa shape index (κ3) is 1.85. The van der Waals surface area contributed by atoms with Gasteiger partial charge < -0.3 is 15.4 Å². The number of rotatable bonds is 2. The smallest absolute Gasteiger partial charge is 0.126 e. The van der Waals surface area contributed by atoms with E-state index in [1.807, 2.05) is 12.3 Å². The number of nitrogens with zero attached hydrogens (tertiary/aromatic N) is 1. The number of ether oxygens (including phenoxy) is 1. The summed E-state index contributed by atoms with van der Waals surface area (Å²) in [5.41, 5.74) is 3.07. The molecule has 1 aromatic rings. The number of pyridine rings is 1.